The highest BCUT2D eigenvalue weighted by atomic mass is 16.3. The van der Waals surface area contributed by atoms with E-state index in [0.717, 1.165) is 11.1 Å². The molecule has 1 aromatic carbocycles. The molecule has 0 fully saturated rings. The van der Waals surface area contributed by atoms with E-state index < -0.39 is 0 Å². The number of aliphatic hydroxyl groups excluding tert-OH is 1. The number of carbonyl (C=O) groups excluding carboxylic acids is 1. The second-order valence-corrected chi connectivity index (χ2v) is 2.93. The Morgan fingerprint density at radius 1 is 1.54 bits per heavy atom. The summed E-state index contributed by atoms with van der Waals surface area (Å²) in [5.41, 5.74) is 7.55. The maximum absolute atomic E-state index is 11.2. The van der Waals surface area contributed by atoms with E-state index in [1.54, 1.807) is 12.1 Å². The lowest BCUT2D eigenvalue weighted by molar-refractivity contribution is 0.100. The molecule has 70 valence electrons. The van der Waals surface area contributed by atoms with Crippen molar-refractivity contribution in [1.29, 1.82) is 0 Å². The molecule has 0 aliphatic carbocycles. The zero-order valence-corrected chi connectivity index (χ0v) is 7.58. The van der Waals surface area contributed by atoms with Gasteiger partial charge in [-0.05, 0) is 24.1 Å². The van der Waals surface area contributed by atoms with Gasteiger partial charge in [0.15, 0.2) is 5.78 Å². The molecular formula is C10H13NO2. The predicted octanol–water partition coefficient (Wildman–Crippen LogP) is 0.629. The molecule has 0 unspecified atom stereocenters. The van der Waals surface area contributed by atoms with Crippen molar-refractivity contribution in [3.05, 3.63) is 34.9 Å². The summed E-state index contributed by atoms with van der Waals surface area (Å²) in [5, 5.41) is 8.95. The first-order valence-electron chi connectivity index (χ1n) is 4.12. The molecule has 0 radical (unpaired) electrons. The number of ketones is 1. The Balaban J connectivity index is 3.06. The van der Waals surface area contributed by atoms with Gasteiger partial charge in [-0.2, -0.15) is 0 Å². The summed E-state index contributed by atoms with van der Waals surface area (Å²) in [6.45, 7) is 1.85. The van der Waals surface area contributed by atoms with Crippen molar-refractivity contribution in [2.45, 2.75) is 13.5 Å². The van der Waals surface area contributed by atoms with Gasteiger partial charge in [-0.1, -0.05) is 12.1 Å². The highest BCUT2D eigenvalue weighted by Crippen LogP contribution is 2.11. The normalized spacial score (nSPS) is 10.1. The number of Topliss-reactive ketones (excluding diaryl/α,β-unsaturated/α-hetero) is 1. The predicted molar refractivity (Wildman–Crippen MR) is 50.5 cm³/mol. The van der Waals surface area contributed by atoms with Crippen LogP contribution >= 0.6 is 0 Å². The second-order valence-electron chi connectivity index (χ2n) is 2.93. The van der Waals surface area contributed by atoms with Gasteiger partial charge in [0.2, 0.25) is 0 Å². The second kappa shape index (κ2) is 4.16. The summed E-state index contributed by atoms with van der Waals surface area (Å²) in [6, 6.07) is 5.22. The van der Waals surface area contributed by atoms with E-state index in [1.807, 2.05) is 13.0 Å². The van der Waals surface area contributed by atoms with Crippen molar-refractivity contribution in [1.82, 2.24) is 0 Å². The maximum atomic E-state index is 11.2. The third kappa shape index (κ3) is 2.14. The SMILES string of the molecule is Cc1ccc(C(=O)CN)cc1CO. The van der Waals surface area contributed by atoms with Gasteiger partial charge >= 0.3 is 0 Å². The van der Waals surface area contributed by atoms with E-state index in [9.17, 15) is 4.79 Å². The van der Waals surface area contributed by atoms with Crippen LogP contribution in [0.5, 0.6) is 0 Å². The van der Waals surface area contributed by atoms with Gasteiger partial charge in [-0.15, -0.1) is 0 Å². The molecule has 3 nitrogen and oxygen atoms in total. The van der Waals surface area contributed by atoms with Crippen molar-refractivity contribution < 1.29 is 9.90 Å². The van der Waals surface area contributed by atoms with Gasteiger partial charge in [-0.3, -0.25) is 4.79 Å². The molecule has 0 spiro atoms. The van der Waals surface area contributed by atoms with E-state index in [0.29, 0.717) is 5.56 Å². The third-order valence-electron chi connectivity index (χ3n) is 2.03. The fourth-order valence-corrected chi connectivity index (χ4v) is 1.13. The number of carbonyl (C=O) groups is 1. The Morgan fingerprint density at radius 3 is 2.77 bits per heavy atom. The summed E-state index contributed by atoms with van der Waals surface area (Å²) in [6.07, 6.45) is 0. The highest BCUT2D eigenvalue weighted by molar-refractivity contribution is 5.97. The Labute approximate surface area is 77.2 Å². The van der Waals surface area contributed by atoms with E-state index in [-0.39, 0.29) is 18.9 Å². The number of benzene rings is 1. The van der Waals surface area contributed by atoms with Crippen LogP contribution in [0.4, 0.5) is 0 Å². The van der Waals surface area contributed by atoms with Crippen LogP contribution in [0.1, 0.15) is 21.5 Å². The lowest BCUT2D eigenvalue weighted by atomic mass is 10.0. The van der Waals surface area contributed by atoms with Crippen LogP contribution in [0.2, 0.25) is 0 Å². The topological polar surface area (TPSA) is 63.3 Å². The summed E-state index contributed by atoms with van der Waals surface area (Å²) >= 11 is 0. The molecule has 0 aromatic heterocycles. The van der Waals surface area contributed by atoms with Crippen LogP contribution in [0, 0.1) is 6.92 Å². The molecule has 0 heterocycles. The molecule has 3 N–H and O–H groups in total. The maximum Gasteiger partial charge on any atom is 0.176 e. The summed E-state index contributed by atoms with van der Waals surface area (Å²) in [4.78, 5) is 11.2. The van der Waals surface area contributed by atoms with Crippen LogP contribution in [0.3, 0.4) is 0 Å². The molecule has 0 aliphatic rings. The number of aryl methyl sites for hydroxylation is 1. The number of rotatable bonds is 3. The van der Waals surface area contributed by atoms with Gasteiger partial charge in [0.05, 0.1) is 13.2 Å². The molecular weight excluding hydrogens is 166 g/mol. The zero-order valence-electron chi connectivity index (χ0n) is 7.58. The number of hydrogen-bond donors (Lipinski definition) is 2. The van der Waals surface area contributed by atoms with Crippen molar-refractivity contribution in [3.63, 3.8) is 0 Å². The first-order valence-corrected chi connectivity index (χ1v) is 4.12. The molecule has 0 saturated carbocycles. The van der Waals surface area contributed by atoms with Crippen LogP contribution in [0.15, 0.2) is 18.2 Å². The minimum Gasteiger partial charge on any atom is -0.392 e. The van der Waals surface area contributed by atoms with Crippen molar-refractivity contribution in [2.75, 3.05) is 6.54 Å². The number of nitrogens with two attached hydrogens (primary N) is 1. The Bertz CT molecular complexity index is 321. The van der Waals surface area contributed by atoms with E-state index in [4.69, 9.17) is 10.8 Å². The molecule has 0 saturated heterocycles. The quantitative estimate of drug-likeness (QED) is 0.669. The molecule has 1 aromatic rings. The van der Waals surface area contributed by atoms with Gasteiger partial charge in [0.1, 0.15) is 0 Å². The average Bonchev–Trinajstić information content (AvgIpc) is 2.17. The molecule has 0 amide bonds. The first kappa shape index (κ1) is 9.89. The van der Waals surface area contributed by atoms with Crippen molar-refractivity contribution in [3.8, 4) is 0 Å². The van der Waals surface area contributed by atoms with Crippen LogP contribution in [0.25, 0.3) is 0 Å². The van der Waals surface area contributed by atoms with Crippen molar-refractivity contribution in [2.24, 2.45) is 5.73 Å². The number of aliphatic hydroxyl groups is 1. The first-order chi connectivity index (χ1) is 6.19. The summed E-state index contributed by atoms with van der Waals surface area (Å²) < 4.78 is 0. The zero-order chi connectivity index (χ0) is 9.84. The molecule has 13 heavy (non-hydrogen) atoms. The smallest absolute Gasteiger partial charge is 0.176 e. The standard InChI is InChI=1S/C10H13NO2/c1-7-2-3-8(10(13)5-11)4-9(7)6-12/h2-4,12H,5-6,11H2,1H3. The molecule has 3 heteroatoms. The van der Waals surface area contributed by atoms with Crippen LogP contribution < -0.4 is 5.73 Å². The van der Waals surface area contributed by atoms with Gasteiger partial charge in [-0.25, -0.2) is 0 Å². The lowest BCUT2D eigenvalue weighted by Gasteiger charge is -2.04. The monoisotopic (exact) mass is 179 g/mol. The number of hydrogen-bond acceptors (Lipinski definition) is 3. The van der Waals surface area contributed by atoms with Gasteiger partial charge < -0.3 is 10.8 Å². The highest BCUT2D eigenvalue weighted by Gasteiger charge is 2.05. The minimum atomic E-state index is -0.102. The Morgan fingerprint density at radius 2 is 2.23 bits per heavy atom. The van der Waals surface area contributed by atoms with Gasteiger partial charge in [0, 0.05) is 5.56 Å². The van der Waals surface area contributed by atoms with Crippen molar-refractivity contribution >= 4 is 5.78 Å². The largest absolute Gasteiger partial charge is 0.392 e. The van der Waals surface area contributed by atoms with E-state index in [2.05, 4.69) is 0 Å². The Hall–Kier alpha value is -1.19. The molecule has 0 aliphatic heterocycles. The average molecular weight is 179 g/mol. The lowest BCUT2D eigenvalue weighted by Crippen LogP contribution is -2.13. The fourth-order valence-electron chi connectivity index (χ4n) is 1.13. The summed E-state index contributed by atoms with van der Waals surface area (Å²) in [5.74, 6) is -0.102. The fraction of sp³-hybridized carbons (Fsp3) is 0.300. The van der Waals surface area contributed by atoms with Gasteiger partial charge in [0.25, 0.3) is 0 Å². The molecule has 0 bridgehead atoms. The van der Waals surface area contributed by atoms with E-state index >= 15 is 0 Å². The molecule has 1 rings (SSSR count). The minimum absolute atomic E-state index is 0.00787. The Kier molecular flexibility index (Phi) is 3.17. The third-order valence-corrected chi connectivity index (χ3v) is 2.03. The van der Waals surface area contributed by atoms with Crippen LogP contribution in [-0.4, -0.2) is 17.4 Å². The van der Waals surface area contributed by atoms with E-state index in [1.165, 1.54) is 0 Å². The molecule has 0 atom stereocenters. The van der Waals surface area contributed by atoms with Crippen LogP contribution in [-0.2, 0) is 6.61 Å². The summed E-state index contributed by atoms with van der Waals surface area (Å²) in [7, 11) is 0.